The Bertz CT molecular complexity index is 503. The van der Waals surface area contributed by atoms with E-state index in [-0.39, 0.29) is 29.0 Å². The molecule has 1 aliphatic heterocycles. The maximum atomic E-state index is 13.6. The molecule has 0 spiro atoms. The fraction of sp³-hybridized carbons (Fsp3) is 0.385. The van der Waals surface area contributed by atoms with Gasteiger partial charge in [-0.3, -0.25) is 4.79 Å². The van der Waals surface area contributed by atoms with Gasteiger partial charge in [-0.05, 0) is 25.0 Å². The number of nitrogens with zero attached hydrogens (tertiary/aromatic N) is 1. The molecule has 1 amide bonds. The number of carbonyl (C=O) groups is 1. The SMILES string of the molecule is NC(=S)C1CCCN1C(=O)Cc1c(F)cccc1Cl. The van der Waals surface area contributed by atoms with E-state index in [1.807, 2.05) is 0 Å². The molecule has 2 rings (SSSR count). The minimum atomic E-state index is -0.466. The van der Waals surface area contributed by atoms with Crippen LogP contribution in [0.4, 0.5) is 4.39 Å². The second kappa shape index (κ2) is 5.84. The van der Waals surface area contributed by atoms with Gasteiger partial charge in [0.15, 0.2) is 0 Å². The number of halogens is 2. The summed E-state index contributed by atoms with van der Waals surface area (Å²) in [7, 11) is 0. The molecule has 1 saturated heterocycles. The Labute approximate surface area is 121 Å². The molecule has 0 aromatic heterocycles. The number of amides is 1. The van der Waals surface area contributed by atoms with Crippen molar-refractivity contribution < 1.29 is 9.18 Å². The van der Waals surface area contributed by atoms with Gasteiger partial charge >= 0.3 is 0 Å². The Balaban J connectivity index is 2.15. The second-order valence-electron chi connectivity index (χ2n) is 4.52. The van der Waals surface area contributed by atoms with Crippen LogP contribution in [-0.4, -0.2) is 28.4 Å². The van der Waals surface area contributed by atoms with E-state index in [1.165, 1.54) is 12.1 Å². The van der Waals surface area contributed by atoms with Crippen LogP contribution in [0.15, 0.2) is 18.2 Å². The summed E-state index contributed by atoms with van der Waals surface area (Å²) in [6.07, 6.45) is 1.56. The highest BCUT2D eigenvalue weighted by molar-refractivity contribution is 7.80. The predicted octanol–water partition coefficient (Wildman–Crippen LogP) is 2.30. The van der Waals surface area contributed by atoms with E-state index >= 15 is 0 Å². The van der Waals surface area contributed by atoms with Crippen molar-refractivity contribution in [2.24, 2.45) is 5.73 Å². The van der Waals surface area contributed by atoms with Crippen LogP contribution in [0.2, 0.25) is 5.02 Å². The third kappa shape index (κ3) is 3.04. The first-order valence-electron chi connectivity index (χ1n) is 6.02. The first-order chi connectivity index (χ1) is 9.00. The molecular weight excluding hydrogens is 287 g/mol. The highest BCUT2D eigenvalue weighted by atomic mass is 35.5. The van der Waals surface area contributed by atoms with Gasteiger partial charge in [-0.1, -0.05) is 29.9 Å². The van der Waals surface area contributed by atoms with Crippen molar-refractivity contribution in [1.82, 2.24) is 4.90 Å². The molecule has 0 saturated carbocycles. The first kappa shape index (κ1) is 14.2. The molecule has 2 N–H and O–H groups in total. The van der Waals surface area contributed by atoms with Crippen LogP contribution in [0, 0.1) is 5.82 Å². The van der Waals surface area contributed by atoms with Gasteiger partial charge in [-0.25, -0.2) is 4.39 Å². The lowest BCUT2D eigenvalue weighted by molar-refractivity contribution is -0.130. The molecule has 0 aliphatic carbocycles. The number of rotatable bonds is 3. The topological polar surface area (TPSA) is 46.3 Å². The van der Waals surface area contributed by atoms with Crippen LogP contribution in [0.5, 0.6) is 0 Å². The van der Waals surface area contributed by atoms with Crippen molar-refractivity contribution in [3.05, 3.63) is 34.6 Å². The van der Waals surface area contributed by atoms with Gasteiger partial charge in [0.2, 0.25) is 5.91 Å². The number of carbonyl (C=O) groups excluding carboxylic acids is 1. The van der Waals surface area contributed by atoms with Crippen molar-refractivity contribution in [2.75, 3.05) is 6.54 Å². The Morgan fingerprint density at radius 2 is 2.32 bits per heavy atom. The summed E-state index contributed by atoms with van der Waals surface area (Å²) >= 11 is 10.9. The van der Waals surface area contributed by atoms with Gasteiger partial charge in [0.1, 0.15) is 5.82 Å². The zero-order chi connectivity index (χ0) is 14.0. The van der Waals surface area contributed by atoms with Crippen LogP contribution >= 0.6 is 23.8 Å². The van der Waals surface area contributed by atoms with Crippen LogP contribution in [0.1, 0.15) is 18.4 Å². The fourth-order valence-electron chi connectivity index (χ4n) is 2.32. The summed E-state index contributed by atoms with van der Waals surface area (Å²) in [5.41, 5.74) is 5.84. The minimum Gasteiger partial charge on any atom is -0.392 e. The Morgan fingerprint density at radius 3 is 2.95 bits per heavy atom. The monoisotopic (exact) mass is 300 g/mol. The molecule has 1 atom stereocenters. The maximum absolute atomic E-state index is 13.6. The molecule has 19 heavy (non-hydrogen) atoms. The Morgan fingerprint density at radius 1 is 1.58 bits per heavy atom. The molecule has 1 aromatic carbocycles. The summed E-state index contributed by atoms with van der Waals surface area (Å²) in [5, 5.41) is 0.263. The zero-order valence-corrected chi connectivity index (χ0v) is 11.8. The van der Waals surface area contributed by atoms with E-state index in [2.05, 4.69) is 0 Å². The van der Waals surface area contributed by atoms with Gasteiger partial charge in [0, 0.05) is 17.1 Å². The normalized spacial score (nSPS) is 18.6. The van der Waals surface area contributed by atoms with Crippen molar-refractivity contribution in [3.63, 3.8) is 0 Å². The molecule has 1 unspecified atom stereocenters. The smallest absolute Gasteiger partial charge is 0.227 e. The predicted molar refractivity (Wildman–Crippen MR) is 76.6 cm³/mol. The van der Waals surface area contributed by atoms with Gasteiger partial charge in [-0.15, -0.1) is 0 Å². The highest BCUT2D eigenvalue weighted by Gasteiger charge is 2.31. The van der Waals surface area contributed by atoms with E-state index in [0.717, 1.165) is 12.8 Å². The highest BCUT2D eigenvalue weighted by Crippen LogP contribution is 2.23. The number of hydrogen-bond acceptors (Lipinski definition) is 2. The zero-order valence-electron chi connectivity index (χ0n) is 10.2. The van der Waals surface area contributed by atoms with Gasteiger partial charge in [0.25, 0.3) is 0 Å². The average Bonchev–Trinajstić information content (AvgIpc) is 2.83. The number of thiocarbonyl (C=S) groups is 1. The third-order valence-corrected chi connectivity index (χ3v) is 3.92. The molecule has 1 aliphatic rings. The van der Waals surface area contributed by atoms with Crippen molar-refractivity contribution >= 4 is 34.7 Å². The van der Waals surface area contributed by atoms with E-state index in [9.17, 15) is 9.18 Å². The standard InChI is InChI=1S/C13H14ClFN2OS/c14-9-3-1-4-10(15)8(9)7-12(18)17-6-2-5-11(17)13(16)19/h1,3-4,11H,2,5-7H2,(H2,16,19). The van der Waals surface area contributed by atoms with Gasteiger partial charge in [-0.2, -0.15) is 0 Å². The van der Waals surface area contributed by atoms with Crippen LogP contribution in [0.25, 0.3) is 0 Å². The number of benzene rings is 1. The van der Waals surface area contributed by atoms with Gasteiger partial charge < -0.3 is 10.6 Å². The summed E-state index contributed by atoms with van der Waals surface area (Å²) in [6.45, 7) is 0.604. The largest absolute Gasteiger partial charge is 0.392 e. The molecule has 0 bridgehead atoms. The lowest BCUT2D eigenvalue weighted by Crippen LogP contribution is -2.43. The molecule has 102 valence electrons. The van der Waals surface area contributed by atoms with Crippen molar-refractivity contribution in [1.29, 1.82) is 0 Å². The molecule has 1 fully saturated rings. The summed E-state index contributed by atoms with van der Waals surface area (Å²) in [5.74, 6) is -0.658. The van der Waals surface area contributed by atoms with E-state index in [4.69, 9.17) is 29.6 Å². The molecule has 1 aromatic rings. The van der Waals surface area contributed by atoms with E-state index < -0.39 is 5.82 Å². The van der Waals surface area contributed by atoms with Crippen molar-refractivity contribution in [2.45, 2.75) is 25.3 Å². The van der Waals surface area contributed by atoms with Crippen LogP contribution < -0.4 is 5.73 Å². The average molecular weight is 301 g/mol. The minimum absolute atomic E-state index is 0.0649. The van der Waals surface area contributed by atoms with Crippen molar-refractivity contribution in [3.8, 4) is 0 Å². The lowest BCUT2D eigenvalue weighted by atomic mass is 10.1. The molecule has 0 radical (unpaired) electrons. The summed E-state index contributed by atoms with van der Waals surface area (Å²) in [6, 6.07) is 4.17. The number of nitrogens with two attached hydrogens (primary N) is 1. The molecule has 3 nitrogen and oxygen atoms in total. The maximum Gasteiger partial charge on any atom is 0.227 e. The van der Waals surface area contributed by atoms with Crippen LogP contribution in [-0.2, 0) is 11.2 Å². The van der Waals surface area contributed by atoms with Crippen LogP contribution in [0.3, 0.4) is 0 Å². The summed E-state index contributed by atoms with van der Waals surface area (Å²) < 4.78 is 13.6. The lowest BCUT2D eigenvalue weighted by Gasteiger charge is -2.24. The first-order valence-corrected chi connectivity index (χ1v) is 6.81. The summed E-state index contributed by atoms with van der Waals surface area (Å²) in [4.78, 5) is 14.1. The molecule has 1 heterocycles. The quantitative estimate of drug-likeness (QED) is 0.871. The third-order valence-electron chi connectivity index (χ3n) is 3.29. The Hall–Kier alpha value is -1.20. The Kier molecular flexibility index (Phi) is 4.37. The van der Waals surface area contributed by atoms with E-state index in [1.54, 1.807) is 11.0 Å². The van der Waals surface area contributed by atoms with E-state index in [0.29, 0.717) is 11.5 Å². The fourth-order valence-corrected chi connectivity index (χ4v) is 2.79. The van der Waals surface area contributed by atoms with Gasteiger partial charge in [0.05, 0.1) is 17.5 Å². The number of hydrogen-bond donors (Lipinski definition) is 1. The molecule has 6 heteroatoms. The second-order valence-corrected chi connectivity index (χ2v) is 5.40. The molecular formula is C13H14ClFN2OS. The number of likely N-dealkylation sites (tertiary alicyclic amines) is 1.